The Bertz CT molecular complexity index is 443. The van der Waals surface area contributed by atoms with E-state index in [-0.39, 0.29) is 18.3 Å². The van der Waals surface area contributed by atoms with Gasteiger partial charge in [-0.2, -0.15) is 0 Å². The first-order valence-corrected chi connectivity index (χ1v) is 6.08. The minimum Gasteiger partial charge on any atom is -0.409 e. The molecule has 0 spiro atoms. The molecule has 0 unspecified atom stereocenters. The molecule has 1 rings (SSSR count). The molecule has 0 saturated carbocycles. The van der Waals surface area contributed by atoms with Crippen LogP contribution in [-0.2, 0) is 0 Å². The standard InChI is InChI=1S/C10H14ClN3O2S/c1-10(2,9(12)14-16)5-13-8(15)6-3-4-7(11)17-6/h3-4,16H,5H2,1-2H3,(H2,12,14)(H,13,15). The molecule has 1 amide bonds. The molecule has 0 aliphatic carbocycles. The van der Waals surface area contributed by atoms with E-state index < -0.39 is 5.41 Å². The summed E-state index contributed by atoms with van der Waals surface area (Å²) in [6.45, 7) is 3.81. The Hall–Kier alpha value is -1.27. The SMILES string of the molecule is CC(C)(CNC(=O)c1ccc(Cl)s1)/C(N)=N/O. The van der Waals surface area contributed by atoms with Gasteiger partial charge in [0, 0.05) is 12.0 Å². The first kappa shape index (κ1) is 13.8. The molecule has 0 fully saturated rings. The van der Waals surface area contributed by atoms with Crippen LogP contribution in [0.25, 0.3) is 0 Å². The average Bonchev–Trinajstić information content (AvgIpc) is 2.71. The Morgan fingerprint density at radius 2 is 2.29 bits per heavy atom. The molecule has 17 heavy (non-hydrogen) atoms. The maximum absolute atomic E-state index is 11.7. The minimum absolute atomic E-state index is 0.0713. The predicted molar refractivity (Wildman–Crippen MR) is 68.9 cm³/mol. The van der Waals surface area contributed by atoms with Crippen molar-refractivity contribution >= 4 is 34.7 Å². The molecule has 0 atom stereocenters. The summed E-state index contributed by atoms with van der Waals surface area (Å²) in [5, 5.41) is 14.2. The Morgan fingerprint density at radius 3 is 2.76 bits per heavy atom. The Labute approximate surface area is 108 Å². The molecule has 94 valence electrons. The quantitative estimate of drug-likeness (QED) is 0.339. The number of amides is 1. The van der Waals surface area contributed by atoms with Crippen molar-refractivity contribution in [3.63, 3.8) is 0 Å². The van der Waals surface area contributed by atoms with Gasteiger partial charge in [-0.05, 0) is 12.1 Å². The number of nitrogens with one attached hydrogen (secondary N) is 1. The van der Waals surface area contributed by atoms with Crippen molar-refractivity contribution in [2.24, 2.45) is 16.3 Å². The summed E-state index contributed by atoms with van der Waals surface area (Å²) in [6.07, 6.45) is 0. The summed E-state index contributed by atoms with van der Waals surface area (Å²) in [5.74, 6) is -0.150. The molecule has 0 aliphatic heterocycles. The normalized spacial score (nSPS) is 12.5. The summed E-state index contributed by atoms with van der Waals surface area (Å²) in [7, 11) is 0. The van der Waals surface area contributed by atoms with Crippen LogP contribution in [0.3, 0.4) is 0 Å². The van der Waals surface area contributed by atoms with E-state index in [2.05, 4.69) is 10.5 Å². The number of halogens is 1. The molecular weight excluding hydrogens is 262 g/mol. The molecule has 0 aliphatic rings. The lowest BCUT2D eigenvalue weighted by atomic mass is 9.92. The zero-order valence-corrected chi connectivity index (χ0v) is 11.1. The number of carbonyl (C=O) groups is 1. The molecule has 1 aromatic heterocycles. The smallest absolute Gasteiger partial charge is 0.261 e. The van der Waals surface area contributed by atoms with Crippen LogP contribution in [0.15, 0.2) is 17.3 Å². The molecule has 7 heteroatoms. The van der Waals surface area contributed by atoms with Crippen LogP contribution in [0, 0.1) is 5.41 Å². The van der Waals surface area contributed by atoms with Crippen LogP contribution in [0.5, 0.6) is 0 Å². The number of amidine groups is 1. The van der Waals surface area contributed by atoms with E-state index in [4.69, 9.17) is 22.5 Å². The summed E-state index contributed by atoms with van der Waals surface area (Å²) < 4.78 is 0.561. The summed E-state index contributed by atoms with van der Waals surface area (Å²) in [5.41, 5.74) is 4.90. The van der Waals surface area contributed by atoms with Gasteiger partial charge in [0.1, 0.15) is 5.84 Å². The third kappa shape index (κ3) is 3.61. The summed E-state index contributed by atoms with van der Waals surface area (Å²) in [4.78, 5) is 12.2. The van der Waals surface area contributed by atoms with Gasteiger partial charge < -0.3 is 16.3 Å². The van der Waals surface area contributed by atoms with Crippen LogP contribution in [0.2, 0.25) is 4.34 Å². The van der Waals surface area contributed by atoms with E-state index in [1.807, 2.05) is 0 Å². The number of nitrogens with zero attached hydrogens (tertiary/aromatic N) is 1. The minimum atomic E-state index is -0.606. The van der Waals surface area contributed by atoms with Crippen molar-refractivity contribution in [2.75, 3.05) is 6.54 Å². The van der Waals surface area contributed by atoms with Crippen molar-refractivity contribution < 1.29 is 10.0 Å². The molecule has 1 aromatic rings. The number of nitrogens with two attached hydrogens (primary N) is 1. The maximum atomic E-state index is 11.7. The molecule has 0 saturated heterocycles. The second-order valence-electron chi connectivity index (χ2n) is 4.16. The molecule has 0 radical (unpaired) electrons. The highest BCUT2D eigenvalue weighted by Gasteiger charge is 2.24. The number of carbonyl (C=O) groups excluding carboxylic acids is 1. The highest BCUT2D eigenvalue weighted by atomic mass is 35.5. The summed E-state index contributed by atoms with van der Waals surface area (Å²) >= 11 is 6.94. The zero-order valence-electron chi connectivity index (χ0n) is 9.53. The van der Waals surface area contributed by atoms with E-state index >= 15 is 0 Å². The van der Waals surface area contributed by atoms with E-state index in [1.54, 1.807) is 26.0 Å². The first-order valence-electron chi connectivity index (χ1n) is 4.88. The van der Waals surface area contributed by atoms with Crippen LogP contribution in [0.4, 0.5) is 0 Å². The van der Waals surface area contributed by atoms with Gasteiger partial charge >= 0.3 is 0 Å². The number of hydrogen-bond acceptors (Lipinski definition) is 4. The molecule has 0 bridgehead atoms. The Balaban J connectivity index is 2.60. The lowest BCUT2D eigenvalue weighted by molar-refractivity contribution is 0.0948. The van der Waals surface area contributed by atoms with Gasteiger partial charge in [-0.1, -0.05) is 30.6 Å². The van der Waals surface area contributed by atoms with E-state index in [0.29, 0.717) is 9.21 Å². The van der Waals surface area contributed by atoms with Gasteiger partial charge in [-0.15, -0.1) is 11.3 Å². The van der Waals surface area contributed by atoms with E-state index in [0.717, 1.165) is 0 Å². The highest BCUT2D eigenvalue weighted by Crippen LogP contribution is 2.21. The lowest BCUT2D eigenvalue weighted by Gasteiger charge is -2.22. The third-order valence-corrected chi connectivity index (χ3v) is 3.52. The van der Waals surface area contributed by atoms with Crippen molar-refractivity contribution in [3.8, 4) is 0 Å². The largest absolute Gasteiger partial charge is 0.409 e. The highest BCUT2D eigenvalue weighted by molar-refractivity contribution is 7.17. The first-order chi connectivity index (χ1) is 7.86. The van der Waals surface area contributed by atoms with Gasteiger partial charge in [0.2, 0.25) is 0 Å². The number of rotatable bonds is 4. The zero-order chi connectivity index (χ0) is 13.1. The van der Waals surface area contributed by atoms with Crippen molar-refractivity contribution in [3.05, 3.63) is 21.3 Å². The molecule has 0 aromatic carbocycles. The summed E-state index contributed by atoms with van der Waals surface area (Å²) in [6, 6.07) is 3.31. The maximum Gasteiger partial charge on any atom is 0.261 e. The van der Waals surface area contributed by atoms with Gasteiger partial charge in [-0.3, -0.25) is 4.79 Å². The monoisotopic (exact) mass is 275 g/mol. The second kappa shape index (κ2) is 5.37. The Morgan fingerprint density at radius 1 is 1.65 bits per heavy atom. The number of thiophene rings is 1. The van der Waals surface area contributed by atoms with Gasteiger partial charge in [-0.25, -0.2) is 0 Å². The van der Waals surface area contributed by atoms with E-state index in [9.17, 15) is 4.79 Å². The van der Waals surface area contributed by atoms with E-state index in [1.165, 1.54) is 11.3 Å². The molecule has 4 N–H and O–H groups in total. The number of oxime groups is 1. The molecule has 5 nitrogen and oxygen atoms in total. The fourth-order valence-electron chi connectivity index (χ4n) is 1.05. The molecule has 1 heterocycles. The third-order valence-electron chi connectivity index (χ3n) is 2.29. The van der Waals surface area contributed by atoms with Gasteiger partial charge in [0.05, 0.1) is 9.21 Å². The fraction of sp³-hybridized carbons (Fsp3) is 0.400. The van der Waals surface area contributed by atoms with Gasteiger partial charge in [0.25, 0.3) is 5.91 Å². The van der Waals surface area contributed by atoms with Gasteiger partial charge in [0.15, 0.2) is 0 Å². The topological polar surface area (TPSA) is 87.7 Å². The van der Waals surface area contributed by atoms with Crippen molar-refractivity contribution in [2.45, 2.75) is 13.8 Å². The van der Waals surface area contributed by atoms with Crippen LogP contribution in [-0.4, -0.2) is 23.5 Å². The fourth-order valence-corrected chi connectivity index (χ4v) is 2.01. The van der Waals surface area contributed by atoms with Crippen LogP contribution >= 0.6 is 22.9 Å². The Kier molecular flexibility index (Phi) is 4.36. The van der Waals surface area contributed by atoms with Crippen molar-refractivity contribution in [1.82, 2.24) is 5.32 Å². The molecular formula is C10H14ClN3O2S. The number of hydrogen-bond donors (Lipinski definition) is 3. The van der Waals surface area contributed by atoms with Crippen LogP contribution < -0.4 is 11.1 Å². The lowest BCUT2D eigenvalue weighted by Crippen LogP contribution is -2.42. The average molecular weight is 276 g/mol. The van der Waals surface area contributed by atoms with Crippen LogP contribution in [0.1, 0.15) is 23.5 Å². The van der Waals surface area contributed by atoms with Crippen molar-refractivity contribution in [1.29, 1.82) is 0 Å². The second-order valence-corrected chi connectivity index (χ2v) is 5.87. The predicted octanol–water partition coefficient (Wildman–Crippen LogP) is 1.90.